The lowest BCUT2D eigenvalue weighted by molar-refractivity contribution is -0.114. The number of azo groups is 2. The number of nitrogens with two attached hydrogens (primary N) is 1. The molecule has 0 atom stereocenters. The second-order valence-electron chi connectivity index (χ2n) is 8.58. The number of nitrogens with one attached hydrogen (secondary N) is 1. The van der Waals surface area contributed by atoms with E-state index < -0.39 is 35.9 Å². The molecule has 4 aromatic carbocycles. The average molecular weight is 583 g/mol. The van der Waals surface area contributed by atoms with Gasteiger partial charge in [0.2, 0.25) is 5.91 Å². The van der Waals surface area contributed by atoms with Gasteiger partial charge in [-0.2, -0.15) is 27.1 Å². The SMILES string of the molecule is CC(=O)Nc1cc(N=Nc2ccc(N)cc2C)ccc1N=Nc1ccc2ccc(S(=O)(=O)O)cc2c1S(=O)(=O)O. The minimum Gasteiger partial charge on any atom is -0.399 e. The van der Waals surface area contributed by atoms with E-state index in [-0.39, 0.29) is 27.8 Å². The number of carbonyl (C=O) groups is 1. The van der Waals surface area contributed by atoms with Gasteiger partial charge in [-0.1, -0.05) is 12.1 Å². The van der Waals surface area contributed by atoms with Crippen molar-refractivity contribution in [3.63, 3.8) is 0 Å². The monoisotopic (exact) mass is 582 g/mol. The van der Waals surface area contributed by atoms with Crippen molar-refractivity contribution in [2.24, 2.45) is 20.5 Å². The number of carbonyl (C=O) groups excluding carboxylic acids is 1. The van der Waals surface area contributed by atoms with Gasteiger partial charge in [-0.3, -0.25) is 13.9 Å². The molecule has 0 aromatic heterocycles. The predicted octanol–water partition coefficient (Wildman–Crippen LogP) is 6.01. The van der Waals surface area contributed by atoms with Crippen LogP contribution in [0.2, 0.25) is 0 Å². The summed E-state index contributed by atoms with van der Waals surface area (Å²) in [5, 5.41) is 19.0. The van der Waals surface area contributed by atoms with E-state index in [9.17, 15) is 30.7 Å². The molecule has 0 spiro atoms. The van der Waals surface area contributed by atoms with Gasteiger partial charge in [0.15, 0.2) is 0 Å². The van der Waals surface area contributed by atoms with Crippen LogP contribution >= 0.6 is 0 Å². The van der Waals surface area contributed by atoms with Crippen LogP contribution in [0, 0.1) is 6.92 Å². The number of nitrogen functional groups attached to an aromatic ring is 1. The first-order valence-corrected chi connectivity index (χ1v) is 14.2. The van der Waals surface area contributed by atoms with Crippen molar-refractivity contribution in [2.45, 2.75) is 23.6 Å². The molecule has 0 fully saturated rings. The van der Waals surface area contributed by atoms with Gasteiger partial charge in [-0.25, -0.2) is 0 Å². The number of aryl methyl sites for hydroxylation is 1. The van der Waals surface area contributed by atoms with Gasteiger partial charge < -0.3 is 11.1 Å². The number of hydrogen-bond acceptors (Lipinski definition) is 10. The van der Waals surface area contributed by atoms with Crippen LogP contribution in [0.25, 0.3) is 10.8 Å². The molecule has 4 rings (SSSR count). The van der Waals surface area contributed by atoms with Crippen LogP contribution in [0.15, 0.2) is 97.0 Å². The van der Waals surface area contributed by atoms with E-state index in [1.807, 2.05) is 6.92 Å². The Kier molecular flexibility index (Phi) is 7.75. The fourth-order valence-electron chi connectivity index (χ4n) is 3.74. The van der Waals surface area contributed by atoms with Crippen molar-refractivity contribution in [3.05, 3.63) is 72.3 Å². The number of amides is 1. The van der Waals surface area contributed by atoms with Crippen molar-refractivity contribution >= 4 is 71.0 Å². The third kappa shape index (κ3) is 6.52. The maximum Gasteiger partial charge on any atom is 0.297 e. The number of nitrogens with zero attached hydrogens (tertiary/aromatic N) is 4. The molecule has 0 saturated carbocycles. The molecule has 4 aromatic rings. The van der Waals surface area contributed by atoms with Crippen LogP contribution in [0.5, 0.6) is 0 Å². The van der Waals surface area contributed by atoms with Crippen molar-refractivity contribution in [2.75, 3.05) is 11.1 Å². The van der Waals surface area contributed by atoms with Crippen LogP contribution in [0.4, 0.5) is 34.1 Å². The highest BCUT2D eigenvalue weighted by atomic mass is 32.2. The predicted molar refractivity (Wildman–Crippen MR) is 148 cm³/mol. The number of fused-ring (bicyclic) bond motifs is 1. The van der Waals surface area contributed by atoms with E-state index in [2.05, 4.69) is 25.8 Å². The Bertz CT molecular complexity index is 1940. The Balaban J connectivity index is 1.78. The van der Waals surface area contributed by atoms with Gasteiger partial charge in [-0.15, -0.1) is 10.2 Å². The molecule has 206 valence electrons. The summed E-state index contributed by atoms with van der Waals surface area (Å²) in [7, 11) is -9.60. The van der Waals surface area contributed by atoms with Gasteiger partial charge in [0.05, 0.1) is 22.0 Å². The van der Waals surface area contributed by atoms with Gasteiger partial charge in [0.25, 0.3) is 20.2 Å². The minimum absolute atomic E-state index is 0.117. The lowest BCUT2D eigenvalue weighted by atomic mass is 10.1. The largest absolute Gasteiger partial charge is 0.399 e. The third-order valence-corrected chi connectivity index (χ3v) is 7.32. The van der Waals surface area contributed by atoms with Crippen molar-refractivity contribution in [3.8, 4) is 0 Å². The molecule has 40 heavy (non-hydrogen) atoms. The first-order chi connectivity index (χ1) is 18.7. The molecule has 0 aliphatic rings. The van der Waals surface area contributed by atoms with Crippen molar-refractivity contribution in [1.29, 1.82) is 0 Å². The first-order valence-electron chi connectivity index (χ1n) is 11.4. The summed E-state index contributed by atoms with van der Waals surface area (Å²) in [6.07, 6.45) is 0. The van der Waals surface area contributed by atoms with E-state index in [1.54, 1.807) is 18.2 Å². The zero-order valence-corrected chi connectivity index (χ0v) is 22.6. The Morgan fingerprint density at radius 3 is 2.05 bits per heavy atom. The standard InChI is InChI=1S/C25H22N6O7S2/c1-14-11-17(26)5-9-21(14)29-28-18-6-10-22(24(12-18)27-15(2)32)30-31-23-8-4-16-3-7-19(39(33,34)35)13-20(16)25(23)40(36,37)38/h3-13H,26H2,1-2H3,(H,27,32)(H,33,34,35)(H,36,37,38). The summed E-state index contributed by atoms with van der Waals surface area (Å²) in [5.74, 6) is -0.429. The Labute approximate surface area is 229 Å². The highest BCUT2D eigenvalue weighted by Gasteiger charge is 2.22. The summed E-state index contributed by atoms with van der Waals surface area (Å²) in [6, 6.07) is 15.6. The van der Waals surface area contributed by atoms with Gasteiger partial charge in [-0.05, 0) is 72.5 Å². The van der Waals surface area contributed by atoms with E-state index in [4.69, 9.17) is 5.73 Å². The van der Waals surface area contributed by atoms with Crippen molar-refractivity contribution < 1.29 is 30.7 Å². The molecule has 0 heterocycles. The van der Waals surface area contributed by atoms with E-state index in [0.717, 1.165) is 17.7 Å². The molecule has 0 bridgehead atoms. The summed E-state index contributed by atoms with van der Waals surface area (Å²) in [4.78, 5) is 10.5. The molecule has 1 amide bonds. The van der Waals surface area contributed by atoms with Crippen LogP contribution in [0.1, 0.15) is 12.5 Å². The second kappa shape index (κ2) is 10.9. The van der Waals surface area contributed by atoms with Crippen LogP contribution in [-0.2, 0) is 25.0 Å². The van der Waals surface area contributed by atoms with Gasteiger partial charge in [0, 0.05) is 18.0 Å². The molecule has 13 nitrogen and oxygen atoms in total. The highest BCUT2D eigenvalue weighted by molar-refractivity contribution is 7.86. The van der Waals surface area contributed by atoms with E-state index in [0.29, 0.717) is 17.1 Å². The van der Waals surface area contributed by atoms with Crippen LogP contribution in [-0.4, -0.2) is 31.8 Å². The van der Waals surface area contributed by atoms with Gasteiger partial charge >= 0.3 is 0 Å². The maximum absolute atomic E-state index is 12.3. The fraction of sp³-hybridized carbons (Fsp3) is 0.0800. The Morgan fingerprint density at radius 1 is 0.775 bits per heavy atom. The zero-order chi connectivity index (χ0) is 29.2. The van der Waals surface area contributed by atoms with Crippen molar-refractivity contribution in [1.82, 2.24) is 0 Å². The molecule has 0 radical (unpaired) electrons. The van der Waals surface area contributed by atoms with Crippen LogP contribution < -0.4 is 11.1 Å². The summed E-state index contributed by atoms with van der Waals surface area (Å²) < 4.78 is 67.1. The zero-order valence-electron chi connectivity index (χ0n) is 21.0. The topological polar surface area (TPSA) is 213 Å². The normalized spacial score (nSPS) is 12.4. The number of anilines is 2. The smallest absolute Gasteiger partial charge is 0.297 e. The lowest BCUT2D eigenvalue weighted by Crippen LogP contribution is -2.05. The average Bonchev–Trinajstić information content (AvgIpc) is 2.85. The summed E-state index contributed by atoms with van der Waals surface area (Å²) in [6.45, 7) is 3.10. The number of rotatable bonds is 7. The lowest BCUT2D eigenvalue weighted by Gasteiger charge is -2.09. The highest BCUT2D eigenvalue weighted by Crippen LogP contribution is 2.37. The molecule has 0 aliphatic carbocycles. The third-order valence-electron chi connectivity index (χ3n) is 5.53. The number of hydrogen-bond donors (Lipinski definition) is 4. The minimum atomic E-state index is -4.94. The van der Waals surface area contributed by atoms with Crippen LogP contribution in [0.3, 0.4) is 0 Å². The maximum atomic E-state index is 12.3. The fourth-order valence-corrected chi connectivity index (χ4v) is 5.08. The summed E-state index contributed by atoms with van der Waals surface area (Å²) >= 11 is 0. The molecule has 0 unspecified atom stereocenters. The quantitative estimate of drug-likeness (QED) is 0.115. The molecule has 15 heteroatoms. The van der Waals surface area contributed by atoms with Gasteiger partial charge in [0.1, 0.15) is 16.3 Å². The molecule has 0 aliphatic heterocycles. The Hall–Kier alpha value is -4.57. The molecule has 5 N–H and O–H groups in total. The van der Waals surface area contributed by atoms with E-state index >= 15 is 0 Å². The molecular formula is C25H22N6O7S2. The first kappa shape index (κ1) is 28.4. The summed E-state index contributed by atoms with van der Waals surface area (Å²) in [5.41, 5.74) is 8.09. The van der Waals surface area contributed by atoms with E-state index in [1.165, 1.54) is 43.3 Å². The molecule has 0 saturated heterocycles. The Morgan fingerprint density at radius 2 is 1.40 bits per heavy atom. The number of benzene rings is 4. The molecular weight excluding hydrogens is 560 g/mol. The second-order valence-corrected chi connectivity index (χ2v) is 11.4.